The van der Waals surface area contributed by atoms with E-state index < -0.39 is 0 Å². The Hall–Kier alpha value is -1.68. The van der Waals surface area contributed by atoms with Crippen LogP contribution in [0.2, 0.25) is 5.02 Å². The molecule has 0 amide bonds. The van der Waals surface area contributed by atoms with Crippen LogP contribution in [-0.4, -0.2) is 16.5 Å². The molecule has 2 rings (SSSR count). The third kappa shape index (κ3) is 3.67. The molecule has 0 unspecified atom stereocenters. The van der Waals surface area contributed by atoms with Crippen molar-refractivity contribution in [1.29, 1.82) is 0 Å². The van der Waals surface area contributed by atoms with E-state index >= 15 is 0 Å². The Balaban J connectivity index is 2.43. The first kappa shape index (κ1) is 14.7. The summed E-state index contributed by atoms with van der Waals surface area (Å²) in [5.74, 6) is 0.861. The van der Waals surface area contributed by atoms with Crippen molar-refractivity contribution >= 4 is 17.4 Å². The zero-order chi connectivity index (χ0) is 14.5. The topological polar surface area (TPSA) is 37.8 Å². The van der Waals surface area contributed by atoms with Gasteiger partial charge in [-0.1, -0.05) is 25.4 Å². The summed E-state index contributed by atoms with van der Waals surface area (Å²) in [6.07, 6.45) is 1.80. The average molecular weight is 294 g/mol. The van der Waals surface area contributed by atoms with Gasteiger partial charge in [-0.15, -0.1) is 0 Å². The van der Waals surface area contributed by atoms with Crippen molar-refractivity contribution in [2.45, 2.75) is 26.7 Å². The van der Waals surface area contributed by atoms with Crippen molar-refractivity contribution in [3.63, 3.8) is 0 Å². The Morgan fingerprint density at radius 3 is 2.60 bits per heavy atom. The first-order chi connectivity index (χ1) is 9.62. The molecule has 3 nitrogen and oxygen atoms in total. The van der Waals surface area contributed by atoms with Crippen LogP contribution in [0.3, 0.4) is 0 Å². The van der Waals surface area contributed by atoms with E-state index in [4.69, 9.17) is 11.6 Å². The fraction of sp³-hybridized carbons (Fsp3) is 0.333. The van der Waals surface area contributed by atoms with Gasteiger partial charge in [-0.2, -0.15) is 0 Å². The zero-order valence-corrected chi connectivity index (χ0v) is 12.3. The van der Waals surface area contributed by atoms with Crippen molar-refractivity contribution in [2.75, 3.05) is 11.9 Å². The fourth-order valence-corrected chi connectivity index (χ4v) is 2.06. The summed E-state index contributed by atoms with van der Waals surface area (Å²) in [5.41, 5.74) is 1.50. The second-order valence-electron chi connectivity index (χ2n) is 4.51. The van der Waals surface area contributed by atoms with Crippen LogP contribution < -0.4 is 5.32 Å². The predicted molar refractivity (Wildman–Crippen MR) is 80.6 cm³/mol. The Labute approximate surface area is 123 Å². The van der Waals surface area contributed by atoms with Crippen molar-refractivity contribution < 1.29 is 4.39 Å². The summed E-state index contributed by atoms with van der Waals surface area (Å²) in [4.78, 5) is 8.86. The Kier molecular flexibility index (Phi) is 4.90. The molecule has 1 N–H and O–H groups in total. The van der Waals surface area contributed by atoms with Crippen LogP contribution >= 0.6 is 11.6 Å². The normalized spacial score (nSPS) is 10.6. The first-order valence-electron chi connectivity index (χ1n) is 6.70. The highest BCUT2D eigenvalue weighted by Gasteiger charge is 2.08. The molecule has 0 bridgehead atoms. The highest BCUT2D eigenvalue weighted by molar-refractivity contribution is 6.30. The summed E-state index contributed by atoms with van der Waals surface area (Å²) < 4.78 is 13.4. The van der Waals surface area contributed by atoms with Gasteiger partial charge in [0.15, 0.2) is 5.82 Å². The molecule has 0 radical (unpaired) electrons. The minimum absolute atomic E-state index is 0.341. The average Bonchev–Trinajstić information content (AvgIpc) is 2.43. The molecule has 1 heterocycles. The van der Waals surface area contributed by atoms with Gasteiger partial charge in [0, 0.05) is 28.9 Å². The molecule has 0 atom stereocenters. The lowest BCUT2D eigenvalue weighted by Crippen LogP contribution is -2.05. The Bertz CT molecular complexity index is 581. The molecular weight excluding hydrogens is 277 g/mol. The third-order valence-corrected chi connectivity index (χ3v) is 3.04. The lowest BCUT2D eigenvalue weighted by Gasteiger charge is -2.09. The number of aromatic nitrogens is 2. The van der Waals surface area contributed by atoms with E-state index in [1.807, 2.05) is 13.0 Å². The first-order valence-corrected chi connectivity index (χ1v) is 7.08. The molecule has 0 spiro atoms. The highest BCUT2D eigenvalue weighted by Crippen LogP contribution is 2.23. The van der Waals surface area contributed by atoms with Gasteiger partial charge in [0.25, 0.3) is 0 Å². The lowest BCUT2D eigenvalue weighted by molar-refractivity contribution is 0.628. The van der Waals surface area contributed by atoms with Gasteiger partial charge >= 0.3 is 0 Å². The maximum Gasteiger partial charge on any atom is 0.161 e. The van der Waals surface area contributed by atoms with Crippen LogP contribution in [0.15, 0.2) is 24.3 Å². The molecular formula is C15H17ClFN3. The summed E-state index contributed by atoms with van der Waals surface area (Å²) in [6, 6.07) is 6.25. The van der Waals surface area contributed by atoms with E-state index in [1.54, 1.807) is 6.07 Å². The molecule has 0 saturated carbocycles. The summed E-state index contributed by atoms with van der Waals surface area (Å²) in [5, 5.41) is 3.57. The number of hydrogen-bond donors (Lipinski definition) is 1. The van der Waals surface area contributed by atoms with E-state index in [0.29, 0.717) is 16.4 Å². The van der Waals surface area contributed by atoms with Crippen molar-refractivity contribution in [3.05, 3.63) is 40.8 Å². The van der Waals surface area contributed by atoms with Crippen LogP contribution in [-0.2, 0) is 6.42 Å². The van der Waals surface area contributed by atoms with E-state index in [0.717, 1.165) is 30.9 Å². The Morgan fingerprint density at radius 1 is 1.15 bits per heavy atom. The van der Waals surface area contributed by atoms with Gasteiger partial charge in [0.1, 0.15) is 11.6 Å². The second kappa shape index (κ2) is 6.66. The molecule has 20 heavy (non-hydrogen) atoms. The molecule has 0 saturated heterocycles. The van der Waals surface area contributed by atoms with E-state index in [1.165, 1.54) is 12.1 Å². The number of nitrogens with zero attached hydrogens (tertiary/aromatic N) is 2. The van der Waals surface area contributed by atoms with Crippen LogP contribution in [0.1, 0.15) is 26.0 Å². The number of nitrogens with one attached hydrogen (secondary N) is 1. The maximum atomic E-state index is 13.4. The lowest BCUT2D eigenvalue weighted by atomic mass is 10.2. The van der Waals surface area contributed by atoms with E-state index in [-0.39, 0.29) is 5.82 Å². The predicted octanol–water partition coefficient (Wildman–Crippen LogP) is 4.32. The maximum absolute atomic E-state index is 13.4. The number of benzene rings is 1. The van der Waals surface area contributed by atoms with Gasteiger partial charge in [-0.05, 0) is 31.0 Å². The third-order valence-electron chi connectivity index (χ3n) is 2.82. The number of aryl methyl sites for hydroxylation is 1. The Morgan fingerprint density at radius 2 is 1.95 bits per heavy atom. The zero-order valence-electron chi connectivity index (χ0n) is 11.6. The summed E-state index contributed by atoms with van der Waals surface area (Å²) in [7, 11) is 0. The van der Waals surface area contributed by atoms with E-state index in [9.17, 15) is 4.39 Å². The van der Waals surface area contributed by atoms with Gasteiger partial charge in [0.2, 0.25) is 0 Å². The minimum Gasteiger partial charge on any atom is -0.370 e. The fourth-order valence-electron chi connectivity index (χ4n) is 1.83. The van der Waals surface area contributed by atoms with Crippen molar-refractivity contribution in [1.82, 2.24) is 9.97 Å². The SMILES string of the molecule is CCCNc1cc(CC)nc(-c2cc(F)cc(Cl)c2)n1. The van der Waals surface area contributed by atoms with Gasteiger partial charge < -0.3 is 5.32 Å². The smallest absolute Gasteiger partial charge is 0.161 e. The highest BCUT2D eigenvalue weighted by atomic mass is 35.5. The molecule has 0 fully saturated rings. The van der Waals surface area contributed by atoms with Crippen LogP contribution in [0.25, 0.3) is 11.4 Å². The number of halogens is 2. The molecule has 0 aliphatic carbocycles. The monoisotopic (exact) mass is 293 g/mol. The van der Waals surface area contributed by atoms with Gasteiger partial charge in [-0.3, -0.25) is 0 Å². The van der Waals surface area contributed by atoms with Crippen molar-refractivity contribution in [3.8, 4) is 11.4 Å². The quantitative estimate of drug-likeness (QED) is 0.892. The molecule has 106 valence electrons. The number of rotatable bonds is 5. The van der Waals surface area contributed by atoms with Crippen LogP contribution in [0, 0.1) is 5.82 Å². The summed E-state index contributed by atoms with van der Waals surface area (Å²) >= 11 is 5.89. The van der Waals surface area contributed by atoms with Gasteiger partial charge in [0.05, 0.1) is 0 Å². The van der Waals surface area contributed by atoms with Crippen LogP contribution in [0.5, 0.6) is 0 Å². The van der Waals surface area contributed by atoms with Crippen LogP contribution in [0.4, 0.5) is 10.2 Å². The molecule has 2 aromatic rings. The number of hydrogen-bond acceptors (Lipinski definition) is 3. The molecule has 0 aliphatic rings. The molecule has 5 heteroatoms. The minimum atomic E-state index is -0.388. The number of anilines is 1. The second-order valence-corrected chi connectivity index (χ2v) is 4.94. The van der Waals surface area contributed by atoms with E-state index in [2.05, 4.69) is 22.2 Å². The largest absolute Gasteiger partial charge is 0.370 e. The van der Waals surface area contributed by atoms with Crippen molar-refractivity contribution in [2.24, 2.45) is 0 Å². The summed E-state index contributed by atoms with van der Waals surface area (Å²) in [6.45, 7) is 4.94. The standard InChI is InChI=1S/C15H17ClFN3/c1-3-5-18-14-9-13(4-2)19-15(20-14)10-6-11(16)8-12(17)7-10/h6-9H,3-5H2,1-2H3,(H,18,19,20). The molecule has 1 aromatic carbocycles. The molecule has 1 aromatic heterocycles. The van der Waals surface area contributed by atoms with Gasteiger partial charge in [-0.25, -0.2) is 14.4 Å². The molecule has 0 aliphatic heterocycles.